The van der Waals surface area contributed by atoms with Crippen LogP contribution in [0.5, 0.6) is 0 Å². The molecule has 0 radical (unpaired) electrons. The van der Waals surface area contributed by atoms with Crippen molar-refractivity contribution in [2.45, 2.75) is 19.9 Å². The fraction of sp³-hybridized carbons (Fsp3) is 0.200. The van der Waals surface area contributed by atoms with Gasteiger partial charge < -0.3 is 10.7 Å². The first kappa shape index (κ1) is 14.0. The Balaban J connectivity index is 2.09. The Morgan fingerprint density at radius 3 is 2.70 bits per heavy atom. The molecule has 2 rings (SSSR count). The third-order valence-corrected chi connectivity index (χ3v) is 3.16. The summed E-state index contributed by atoms with van der Waals surface area (Å²) >= 11 is 0. The summed E-state index contributed by atoms with van der Waals surface area (Å²) in [4.78, 5) is 16.1. The number of pyridine rings is 1. The van der Waals surface area contributed by atoms with Gasteiger partial charge in [-0.25, -0.2) is 0 Å². The summed E-state index contributed by atoms with van der Waals surface area (Å²) in [5, 5.41) is 2.90. The highest BCUT2D eigenvalue weighted by molar-refractivity contribution is 5.99. The molecule has 5 nitrogen and oxygen atoms in total. The van der Waals surface area contributed by atoms with Crippen LogP contribution in [0.2, 0.25) is 0 Å². The predicted molar refractivity (Wildman–Crippen MR) is 79.0 cm³/mol. The topological polar surface area (TPSA) is 80.0 Å². The van der Waals surface area contributed by atoms with Gasteiger partial charge in [0.2, 0.25) is 0 Å². The molecule has 0 atom stereocenters. The second-order valence-electron chi connectivity index (χ2n) is 4.37. The largest absolute Gasteiger partial charge is 0.348 e. The Morgan fingerprint density at radius 1 is 1.25 bits per heavy atom. The van der Waals surface area contributed by atoms with E-state index in [2.05, 4.69) is 28.7 Å². The molecule has 20 heavy (non-hydrogen) atoms. The number of amides is 1. The van der Waals surface area contributed by atoms with Crippen LogP contribution >= 0.6 is 0 Å². The van der Waals surface area contributed by atoms with E-state index < -0.39 is 0 Å². The molecule has 2 aromatic rings. The fourth-order valence-electron chi connectivity index (χ4n) is 2.05. The van der Waals surface area contributed by atoms with Crippen LogP contribution < -0.4 is 16.6 Å². The molecule has 0 bridgehead atoms. The second-order valence-corrected chi connectivity index (χ2v) is 4.37. The summed E-state index contributed by atoms with van der Waals surface area (Å²) < 4.78 is 0. The van der Waals surface area contributed by atoms with E-state index in [4.69, 9.17) is 5.84 Å². The van der Waals surface area contributed by atoms with Crippen molar-refractivity contribution in [1.29, 1.82) is 0 Å². The molecule has 0 fully saturated rings. The zero-order valence-corrected chi connectivity index (χ0v) is 11.4. The van der Waals surface area contributed by atoms with Gasteiger partial charge in [0.25, 0.3) is 5.91 Å². The number of hydrogen-bond acceptors (Lipinski definition) is 4. The van der Waals surface area contributed by atoms with Crippen LogP contribution in [0.4, 0.5) is 5.69 Å². The van der Waals surface area contributed by atoms with Crippen molar-refractivity contribution in [2.75, 3.05) is 5.43 Å². The van der Waals surface area contributed by atoms with Gasteiger partial charge in [-0.15, -0.1) is 0 Å². The van der Waals surface area contributed by atoms with Gasteiger partial charge in [0, 0.05) is 12.7 Å². The van der Waals surface area contributed by atoms with Gasteiger partial charge in [-0.05, 0) is 23.6 Å². The van der Waals surface area contributed by atoms with Gasteiger partial charge in [0.15, 0.2) is 0 Å². The number of hydrazine groups is 1. The summed E-state index contributed by atoms with van der Waals surface area (Å²) in [5.74, 6) is 5.20. The van der Waals surface area contributed by atoms with Crippen LogP contribution in [0.3, 0.4) is 0 Å². The summed E-state index contributed by atoms with van der Waals surface area (Å²) in [6.45, 7) is 2.59. The first-order valence-electron chi connectivity index (χ1n) is 6.51. The molecule has 0 aliphatic rings. The number of carbonyl (C=O) groups excluding carboxylic acids is 1. The normalized spacial score (nSPS) is 10.1. The molecule has 104 valence electrons. The number of benzene rings is 1. The van der Waals surface area contributed by atoms with Crippen LogP contribution in [-0.4, -0.2) is 10.9 Å². The summed E-state index contributed by atoms with van der Waals surface area (Å²) in [6, 6.07) is 9.70. The third-order valence-electron chi connectivity index (χ3n) is 3.16. The van der Waals surface area contributed by atoms with E-state index >= 15 is 0 Å². The monoisotopic (exact) mass is 270 g/mol. The van der Waals surface area contributed by atoms with Crippen molar-refractivity contribution >= 4 is 11.6 Å². The highest BCUT2D eigenvalue weighted by atomic mass is 16.1. The zero-order chi connectivity index (χ0) is 14.4. The van der Waals surface area contributed by atoms with Crippen molar-refractivity contribution in [1.82, 2.24) is 10.3 Å². The van der Waals surface area contributed by atoms with Crippen molar-refractivity contribution in [3.05, 3.63) is 59.4 Å². The van der Waals surface area contributed by atoms with Gasteiger partial charge in [0.1, 0.15) is 0 Å². The average Bonchev–Trinajstić information content (AvgIpc) is 2.52. The maximum Gasteiger partial charge on any atom is 0.253 e. The lowest BCUT2D eigenvalue weighted by molar-refractivity contribution is 0.0951. The Hall–Kier alpha value is -2.40. The smallest absolute Gasteiger partial charge is 0.253 e. The fourth-order valence-corrected chi connectivity index (χ4v) is 2.05. The molecule has 0 spiro atoms. The minimum absolute atomic E-state index is 0.175. The van der Waals surface area contributed by atoms with E-state index in [1.54, 1.807) is 12.3 Å². The molecule has 0 unspecified atom stereocenters. The quantitative estimate of drug-likeness (QED) is 0.572. The number of nitrogens with two attached hydrogens (primary N) is 1. The molecule has 0 saturated carbocycles. The van der Waals surface area contributed by atoms with Gasteiger partial charge >= 0.3 is 0 Å². The lowest BCUT2D eigenvalue weighted by Gasteiger charge is -2.11. The zero-order valence-electron chi connectivity index (χ0n) is 11.4. The average molecular weight is 270 g/mol. The molecule has 0 aliphatic heterocycles. The van der Waals surface area contributed by atoms with Gasteiger partial charge in [0.05, 0.1) is 17.4 Å². The van der Waals surface area contributed by atoms with E-state index in [0.717, 1.165) is 12.0 Å². The Morgan fingerprint density at radius 2 is 2.00 bits per heavy atom. The van der Waals surface area contributed by atoms with E-state index in [-0.39, 0.29) is 5.91 Å². The highest BCUT2D eigenvalue weighted by Gasteiger charge is 2.10. The molecular weight excluding hydrogens is 252 g/mol. The van der Waals surface area contributed by atoms with Crippen molar-refractivity contribution in [2.24, 2.45) is 5.84 Å². The summed E-state index contributed by atoms with van der Waals surface area (Å²) in [7, 11) is 0. The molecule has 1 aromatic heterocycles. The number of anilines is 1. The van der Waals surface area contributed by atoms with E-state index in [9.17, 15) is 4.79 Å². The minimum atomic E-state index is -0.175. The number of aromatic nitrogens is 1. The third kappa shape index (κ3) is 3.13. The van der Waals surface area contributed by atoms with Gasteiger partial charge in [-0.1, -0.05) is 31.2 Å². The second kappa shape index (κ2) is 6.68. The molecule has 1 aromatic carbocycles. The lowest BCUT2D eigenvalue weighted by Crippen LogP contribution is -2.25. The van der Waals surface area contributed by atoms with E-state index in [1.165, 1.54) is 11.8 Å². The Bertz CT molecular complexity index is 598. The highest BCUT2D eigenvalue weighted by Crippen LogP contribution is 2.13. The molecule has 0 aliphatic carbocycles. The summed E-state index contributed by atoms with van der Waals surface area (Å²) in [6.07, 6.45) is 4.03. The number of rotatable bonds is 5. The molecule has 1 heterocycles. The molecule has 1 amide bonds. The molecule has 4 N–H and O–H groups in total. The Kier molecular flexibility index (Phi) is 4.68. The summed E-state index contributed by atoms with van der Waals surface area (Å²) in [5.41, 5.74) is 5.83. The van der Waals surface area contributed by atoms with Crippen LogP contribution in [0.1, 0.15) is 28.4 Å². The van der Waals surface area contributed by atoms with Crippen molar-refractivity contribution in [3.63, 3.8) is 0 Å². The minimum Gasteiger partial charge on any atom is -0.348 e. The van der Waals surface area contributed by atoms with Crippen LogP contribution in [0.25, 0.3) is 0 Å². The van der Waals surface area contributed by atoms with E-state index in [1.807, 2.05) is 18.2 Å². The molecule has 0 saturated heterocycles. The molecule has 5 heteroatoms. The number of nitrogens with zero attached hydrogens (tertiary/aromatic N) is 1. The van der Waals surface area contributed by atoms with Crippen LogP contribution in [0, 0.1) is 0 Å². The number of carbonyl (C=O) groups is 1. The first-order chi connectivity index (χ1) is 9.76. The SMILES string of the molecule is CCc1ccccc1CNC(=O)c1ccncc1NN. The lowest BCUT2D eigenvalue weighted by atomic mass is 10.1. The predicted octanol–water partition coefficient (Wildman–Crippen LogP) is 1.86. The molecular formula is C15H18N4O. The number of hydrogen-bond donors (Lipinski definition) is 3. The number of nitrogen functional groups attached to an aromatic ring is 1. The first-order valence-corrected chi connectivity index (χ1v) is 6.51. The van der Waals surface area contributed by atoms with Crippen molar-refractivity contribution in [3.8, 4) is 0 Å². The van der Waals surface area contributed by atoms with Gasteiger partial charge in [-0.2, -0.15) is 0 Å². The van der Waals surface area contributed by atoms with Gasteiger partial charge in [-0.3, -0.25) is 15.6 Å². The van der Waals surface area contributed by atoms with E-state index in [0.29, 0.717) is 17.8 Å². The van der Waals surface area contributed by atoms with Crippen molar-refractivity contribution < 1.29 is 4.79 Å². The maximum atomic E-state index is 12.2. The number of nitrogens with one attached hydrogen (secondary N) is 2. The maximum absolute atomic E-state index is 12.2. The van der Waals surface area contributed by atoms with Crippen LogP contribution in [-0.2, 0) is 13.0 Å². The number of aryl methyl sites for hydroxylation is 1. The standard InChI is InChI=1S/C15H18N4O/c1-2-11-5-3-4-6-12(11)9-18-15(20)13-7-8-17-10-14(13)19-16/h3-8,10,19H,2,9,16H2,1H3,(H,18,20). The van der Waals surface area contributed by atoms with Crippen LogP contribution in [0.15, 0.2) is 42.7 Å². The Labute approximate surface area is 118 Å².